The highest BCUT2D eigenvalue weighted by atomic mass is 16.7. The van der Waals surface area contributed by atoms with Crippen molar-refractivity contribution in [3.05, 3.63) is 53.1 Å². The zero-order valence-corrected chi connectivity index (χ0v) is 13.5. The number of carbonyl (C=O) groups excluding carboxylic acids is 2. The van der Waals surface area contributed by atoms with Crippen LogP contribution in [0.1, 0.15) is 33.4 Å². The van der Waals surface area contributed by atoms with Crippen LogP contribution in [0, 0.1) is 5.41 Å². The zero-order valence-electron chi connectivity index (χ0n) is 13.5. The lowest BCUT2D eigenvalue weighted by molar-refractivity contribution is -0.134. The minimum absolute atomic E-state index is 0.00504. The van der Waals surface area contributed by atoms with Gasteiger partial charge in [0.2, 0.25) is 0 Å². The molecule has 0 saturated carbocycles. The van der Waals surface area contributed by atoms with Gasteiger partial charge in [-0.05, 0) is 18.2 Å². The van der Waals surface area contributed by atoms with Crippen LogP contribution in [0.3, 0.4) is 0 Å². The highest BCUT2D eigenvalue weighted by Crippen LogP contribution is 2.37. The predicted octanol–water partition coefficient (Wildman–Crippen LogP) is 0.639. The van der Waals surface area contributed by atoms with Gasteiger partial charge in [0, 0.05) is 12.6 Å². The summed E-state index contributed by atoms with van der Waals surface area (Å²) in [6.07, 6.45) is 1.25. The number of ether oxygens (including phenoxy) is 2. The number of carbonyl (C=O) groups is 2. The molecule has 0 aliphatic carbocycles. The van der Waals surface area contributed by atoms with Crippen molar-refractivity contribution in [2.45, 2.75) is 24.9 Å². The second kappa shape index (κ2) is 5.48. The molecule has 5 rings (SSSR count). The van der Waals surface area contributed by atoms with Crippen LogP contribution in [-0.2, 0) is 9.57 Å². The Morgan fingerprint density at radius 3 is 2.65 bits per heavy atom. The monoisotopic (exact) mass is 354 g/mol. The van der Waals surface area contributed by atoms with Crippen molar-refractivity contribution in [1.29, 1.82) is 5.41 Å². The van der Waals surface area contributed by atoms with E-state index < -0.39 is 17.9 Å². The van der Waals surface area contributed by atoms with Crippen molar-refractivity contribution in [2.24, 2.45) is 0 Å². The molecule has 4 heterocycles. The molecular formula is C17H14N4O5. The lowest BCUT2D eigenvalue weighted by Crippen LogP contribution is -2.38. The van der Waals surface area contributed by atoms with Crippen LogP contribution >= 0.6 is 0 Å². The molecule has 0 radical (unpaired) electrons. The number of amides is 2. The SMILES string of the molecule is N=c1ccn2c(n1)O[C@H]1C[C@H]2O[C@@H]1CON1C(=O)c2ccccc2C1=O. The summed E-state index contributed by atoms with van der Waals surface area (Å²) < 4.78 is 13.4. The smallest absolute Gasteiger partial charge is 0.300 e. The van der Waals surface area contributed by atoms with E-state index in [1.807, 2.05) is 0 Å². The minimum atomic E-state index is -0.481. The Hall–Kier alpha value is -3.04. The van der Waals surface area contributed by atoms with Gasteiger partial charge < -0.3 is 9.47 Å². The zero-order chi connectivity index (χ0) is 17.8. The summed E-state index contributed by atoms with van der Waals surface area (Å²) in [5.41, 5.74) is 0.765. The lowest BCUT2D eigenvalue weighted by atomic mass is 10.1. The molecule has 2 aromatic rings. The molecule has 1 aromatic heterocycles. The number of hydroxylamine groups is 2. The summed E-state index contributed by atoms with van der Waals surface area (Å²) >= 11 is 0. The quantitative estimate of drug-likeness (QED) is 0.811. The Balaban J connectivity index is 1.30. The molecule has 132 valence electrons. The highest BCUT2D eigenvalue weighted by molar-refractivity contribution is 6.20. The second-order valence-electron chi connectivity index (χ2n) is 6.27. The third-order valence-corrected chi connectivity index (χ3v) is 4.70. The summed E-state index contributed by atoms with van der Waals surface area (Å²) in [6.45, 7) is -0.00504. The summed E-state index contributed by atoms with van der Waals surface area (Å²) in [6, 6.07) is 8.47. The molecule has 0 spiro atoms. The molecule has 1 saturated heterocycles. The molecule has 3 atom stereocenters. The van der Waals surface area contributed by atoms with Crippen LogP contribution < -0.4 is 10.2 Å². The number of imide groups is 1. The van der Waals surface area contributed by atoms with E-state index in [9.17, 15) is 9.59 Å². The third kappa shape index (κ3) is 2.18. The first kappa shape index (κ1) is 15.2. The lowest BCUT2D eigenvalue weighted by Gasteiger charge is -2.23. The van der Waals surface area contributed by atoms with Gasteiger partial charge in [0.05, 0.1) is 11.1 Å². The molecular weight excluding hydrogens is 340 g/mol. The van der Waals surface area contributed by atoms with Gasteiger partial charge in [0.15, 0.2) is 5.49 Å². The number of rotatable bonds is 3. The maximum atomic E-state index is 12.3. The molecule has 0 unspecified atom stereocenters. The Bertz CT molecular complexity index is 952. The Labute approximate surface area is 147 Å². The van der Waals surface area contributed by atoms with Gasteiger partial charge >= 0.3 is 6.01 Å². The van der Waals surface area contributed by atoms with Crippen LogP contribution in [0.4, 0.5) is 0 Å². The second-order valence-corrected chi connectivity index (χ2v) is 6.27. The standard InChI is InChI=1S/C17H14N4O5/c18-13-5-6-20-14-7-11(26-17(20)19-13)12(25-14)8-24-21-15(22)9-3-1-2-4-10(9)16(21)23/h1-6,11-12,14,18H,7-8H2/t11-,12+,14+/m0/s1. The molecule has 3 aliphatic heterocycles. The van der Waals surface area contributed by atoms with Crippen LogP contribution in [0.25, 0.3) is 0 Å². The van der Waals surface area contributed by atoms with Gasteiger partial charge in [-0.2, -0.15) is 4.98 Å². The fourth-order valence-corrected chi connectivity index (χ4v) is 3.43. The Kier molecular flexibility index (Phi) is 3.21. The highest BCUT2D eigenvalue weighted by Gasteiger charge is 2.44. The minimum Gasteiger partial charge on any atom is -0.458 e. The first-order valence-electron chi connectivity index (χ1n) is 8.18. The van der Waals surface area contributed by atoms with Crippen molar-refractivity contribution in [3.63, 3.8) is 0 Å². The van der Waals surface area contributed by atoms with E-state index in [4.69, 9.17) is 19.7 Å². The first-order valence-corrected chi connectivity index (χ1v) is 8.18. The summed E-state index contributed by atoms with van der Waals surface area (Å²) in [5.74, 6) is -0.962. The largest absolute Gasteiger partial charge is 0.458 e. The molecule has 9 nitrogen and oxygen atoms in total. The Morgan fingerprint density at radius 1 is 1.19 bits per heavy atom. The normalized spacial score (nSPS) is 25.8. The van der Waals surface area contributed by atoms with Gasteiger partial charge in [-0.15, -0.1) is 5.06 Å². The number of aromatic nitrogens is 2. The van der Waals surface area contributed by atoms with Crippen molar-refractivity contribution < 1.29 is 23.9 Å². The first-order chi connectivity index (χ1) is 12.6. The van der Waals surface area contributed by atoms with Gasteiger partial charge in [-0.1, -0.05) is 12.1 Å². The molecule has 9 heteroatoms. The molecule has 2 amide bonds. The van der Waals surface area contributed by atoms with Crippen molar-refractivity contribution in [1.82, 2.24) is 14.6 Å². The molecule has 2 bridgehead atoms. The van der Waals surface area contributed by atoms with E-state index >= 15 is 0 Å². The van der Waals surface area contributed by atoms with Gasteiger partial charge in [0.1, 0.15) is 25.0 Å². The molecule has 26 heavy (non-hydrogen) atoms. The van der Waals surface area contributed by atoms with E-state index in [-0.39, 0.29) is 24.4 Å². The third-order valence-electron chi connectivity index (χ3n) is 4.70. The Morgan fingerprint density at radius 2 is 1.92 bits per heavy atom. The fraction of sp³-hybridized carbons (Fsp3) is 0.294. The summed E-state index contributed by atoms with van der Waals surface area (Å²) in [5, 5.41) is 8.36. The average molecular weight is 354 g/mol. The van der Waals surface area contributed by atoms with Gasteiger partial charge in [-0.3, -0.25) is 24.4 Å². The van der Waals surface area contributed by atoms with Crippen molar-refractivity contribution in [2.75, 3.05) is 6.61 Å². The van der Waals surface area contributed by atoms with Crippen molar-refractivity contribution in [3.8, 4) is 6.01 Å². The number of benzene rings is 1. The average Bonchev–Trinajstić information content (AvgIpc) is 3.09. The van der Waals surface area contributed by atoms with E-state index in [1.54, 1.807) is 41.1 Å². The van der Waals surface area contributed by atoms with Crippen LogP contribution in [0.2, 0.25) is 0 Å². The van der Waals surface area contributed by atoms with Gasteiger partial charge in [0.25, 0.3) is 11.8 Å². The predicted molar refractivity (Wildman–Crippen MR) is 83.9 cm³/mol. The number of nitrogens with one attached hydrogen (secondary N) is 1. The van der Waals surface area contributed by atoms with Crippen molar-refractivity contribution >= 4 is 11.8 Å². The van der Waals surface area contributed by atoms with Crippen LogP contribution in [-0.4, -0.2) is 45.2 Å². The number of hydrogen-bond acceptors (Lipinski definition) is 7. The summed E-state index contributed by atoms with van der Waals surface area (Å²) in [4.78, 5) is 34.2. The number of hydrogen-bond donors (Lipinski definition) is 1. The van der Waals surface area contributed by atoms with E-state index in [1.165, 1.54) is 0 Å². The van der Waals surface area contributed by atoms with Crippen LogP contribution in [0.15, 0.2) is 36.5 Å². The summed E-state index contributed by atoms with van der Waals surface area (Å²) in [7, 11) is 0. The number of nitrogens with zero attached hydrogens (tertiary/aromatic N) is 3. The van der Waals surface area contributed by atoms with Gasteiger partial charge in [-0.25, -0.2) is 0 Å². The maximum Gasteiger partial charge on any atom is 0.300 e. The van der Waals surface area contributed by atoms with E-state index in [0.29, 0.717) is 23.6 Å². The topological polar surface area (TPSA) is 107 Å². The molecule has 1 N–H and O–H groups in total. The maximum absolute atomic E-state index is 12.3. The number of fused-ring (bicyclic) bond motifs is 5. The fourth-order valence-electron chi connectivity index (χ4n) is 3.43. The molecule has 1 aromatic carbocycles. The van der Waals surface area contributed by atoms with E-state index in [0.717, 1.165) is 5.06 Å². The molecule has 3 aliphatic rings. The van der Waals surface area contributed by atoms with E-state index in [2.05, 4.69) is 4.98 Å². The molecule has 1 fully saturated rings. The van der Waals surface area contributed by atoms with Crippen LogP contribution in [0.5, 0.6) is 6.01 Å².